The summed E-state index contributed by atoms with van der Waals surface area (Å²) in [7, 11) is 0. The fourth-order valence-corrected chi connectivity index (χ4v) is 4.68. The van der Waals surface area contributed by atoms with E-state index in [-0.39, 0.29) is 6.23 Å². The van der Waals surface area contributed by atoms with Gasteiger partial charge in [-0.3, -0.25) is 9.69 Å². The number of thiophene rings is 1. The molecule has 2 atom stereocenters. The zero-order chi connectivity index (χ0) is 22.6. The van der Waals surface area contributed by atoms with Gasteiger partial charge in [0, 0.05) is 35.9 Å². The molecule has 176 valence electrons. The topological polar surface area (TPSA) is 52.9 Å². The van der Waals surface area contributed by atoms with Crippen LogP contribution in [0, 0.1) is 0 Å². The zero-order valence-electron chi connectivity index (χ0n) is 19.3. The van der Waals surface area contributed by atoms with Gasteiger partial charge >= 0.3 is 0 Å². The Kier molecular flexibility index (Phi) is 10.5. The van der Waals surface area contributed by atoms with Gasteiger partial charge in [0.05, 0.1) is 19.3 Å². The molecule has 0 bridgehead atoms. The second kappa shape index (κ2) is 13.6. The number of rotatable bonds is 8. The first-order valence-corrected chi connectivity index (χ1v) is 12.5. The molecule has 0 amide bonds. The molecule has 2 aliphatic rings. The van der Waals surface area contributed by atoms with E-state index >= 15 is 0 Å². The maximum atomic E-state index is 9.78. The van der Waals surface area contributed by atoms with Crippen molar-refractivity contribution in [1.29, 1.82) is 0 Å². The molecule has 7 heteroatoms. The summed E-state index contributed by atoms with van der Waals surface area (Å²) in [5.41, 5.74) is 2.61. The minimum atomic E-state index is 0.196. The van der Waals surface area contributed by atoms with Crippen LogP contribution in [-0.2, 0) is 25.4 Å². The number of carbonyl (C=O) groups is 1. The molecule has 0 spiro atoms. The summed E-state index contributed by atoms with van der Waals surface area (Å²) >= 11 is 1.77. The first-order chi connectivity index (χ1) is 15.7. The average molecular weight is 461 g/mol. The van der Waals surface area contributed by atoms with Crippen LogP contribution in [0.25, 0.3) is 12.2 Å². The van der Waals surface area contributed by atoms with E-state index in [9.17, 15) is 4.79 Å². The zero-order valence-corrected chi connectivity index (χ0v) is 20.1. The van der Waals surface area contributed by atoms with Crippen LogP contribution in [0.3, 0.4) is 0 Å². The molecule has 32 heavy (non-hydrogen) atoms. The molecular weight excluding hydrogens is 424 g/mol. The number of ether oxygens (including phenoxy) is 3. The number of hydrogen-bond acceptors (Lipinski definition) is 6. The van der Waals surface area contributed by atoms with Gasteiger partial charge in [0.25, 0.3) is 6.47 Å². The van der Waals surface area contributed by atoms with Crippen molar-refractivity contribution in [1.82, 2.24) is 9.47 Å². The summed E-state index contributed by atoms with van der Waals surface area (Å²) in [6, 6.07) is 8.68. The van der Waals surface area contributed by atoms with E-state index in [0.29, 0.717) is 19.2 Å². The standard InChI is InChI=1S/C18H23NOS.C7H13NO3/c1-3-15-9-10-16(11-12-17-7-5-13-21-17)19(15)18-8-4-6-14(2)20-18;9-7-11-6-3-8-1-4-10-5-2-8/h5,7,9-14,18H,3-4,6,8H2,1-2H3;7H,1-6H2/b12-11+;. The highest BCUT2D eigenvalue weighted by atomic mass is 32.1. The summed E-state index contributed by atoms with van der Waals surface area (Å²) < 4.78 is 18.3. The minimum absolute atomic E-state index is 0.196. The van der Waals surface area contributed by atoms with Gasteiger partial charge in [0.1, 0.15) is 12.8 Å². The molecule has 2 aromatic rings. The second-order valence-electron chi connectivity index (χ2n) is 8.08. The predicted octanol–water partition coefficient (Wildman–Crippen LogP) is 4.86. The van der Waals surface area contributed by atoms with Crippen LogP contribution in [0.4, 0.5) is 0 Å². The number of nitrogens with zero attached hydrogens (tertiary/aromatic N) is 2. The third kappa shape index (κ3) is 7.59. The monoisotopic (exact) mass is 460 g/mol. The summed E-state index contributed by atoms with van der Waals surface area (Å²) in [5.74, 6) is 0. The number of aryl methyl sites for hydroxylation is 1. The predicted molar refractivity (Wildman–Crippen MR) is 130 cm³/mol. The Morgan fingerprint density at radius 3 is 2.72 bits per heavy atom. The van der Waals surface area contributed by atoms with Crippen molar-refractivity contribution in [3.8, 4) is 0 Å². The Bertz CT molecular complexity index is 812. The lowest BCUT2D eigenvalue weighted by molar-refractivity contribution is -0.129. The Hall–Kier alpha value is -1.93. The Labute approximate surface area is 195 Å². The SMILES string of the molecule is CCc1ccc(/C=C/c2cccs2)n1C1CCCC(C)O1.O=COCCN1CCOCC1. The molecule has 0 saturated carbocycles. The minimum Gasteiger partial charge on any atom is -0.467 e. The largest absolute Gasteiger partial charge is 0.467 e. The third-order valence-electron chi connectivity index (χ3n) is 5.79. The van der Waals surface area contributed by atoms with Gasteiger partial charge < -0.3 is 18.8 Å². The van der Waals surface area contributed by atoms with Crippen LogP contribution in [0.5, 0.6) is 0 Å². The molecule has 2 fully saturated rings. The van der Waals surface area contributed by atoms with E-state index in [1.54, 1.807) is 11.3 Å². The van der Waals surface area contributed by atoms with Gasteiger partial charge in [0.2, 0.25) is 0 Å². The molecular formula is C25H36N2O4S. The second-order valence-corrected chi connectivity index (χ2v) is 9.05. The smallest absolute Gasteiger partial charge is 0.293 e. The lowest BCUT2D eigenvalue weighted by atomic mass is 10.1. The fraction of sp³-hybridized carbons (Fsp3) is 0.560. The fourth-order valence-electron chi connectivity index (χ4n) is 4.07. The van der Waals surface area contributed by atoms with Crippen LogP contribution in [0.1, 0.15) is 55.6 Å². The third-order valence-corrected chi connectivity index (χ3v) is 6.63. The Morgan fingerprint density at radius 1 is 1.19 bits per heavy atom. The molecule has 6 nitrogen and oxygen atoms in total. The maximum Gasteiger partial charge on any atom is 0.293 e. The van der Waals surface area contributed by atoms with E-state index in [4.69, 9.17) is 9.47 Å². The maximum absolute atomic E-state index is 9.78. The first kappa shape index (κ1) is 24.7. The number of aromatic nitrogens is 1. The highest BCUT2D eigenvalue weighted by Crippen LogP contribution is 2.30. The van der Waals surface area contributed by atoms with Crippen molar-refractivity contribution in [2.75, 3.05) is 39.5 Å². The van der Waals surface area contributed by atoms with E-state index < -0.39 is 0 Å². The van der Waals surface area contributed by atoms with E-state index in [1.165, 1.54) is 29.1 Å². The molecule has 0 aromatic carbocycles. The van der Waals surface area contributed by atoms with Crippen LogP contribution in [-0.4, -0.2) is 61.5 Å². The molecule has 0 N–H and O–H groups in total. The summed E-state index contributed by atoms with van der Waals surface area (Å²) in [5, 5.41) is 2.11. The Balaban J connectivity index is 0.000000222. The van der Waals surface area contributed by atoms with Gasteiger partial charge in [-0.25, -0.2) is 0 Å². The van der Waals surface area contributed by atoms with Gasteiger partial charge in [-0.2, -0.15) is 0 Å². The quantitative estimate of drug-likeness (QED) is 0.416. The summed E-state index contributed by atoms with van der Waals surface area (Å²) in [4.78, 5) is 13.3. The summed E-state index contributed by atoms with van der Waals surface area (Å²) in [6.45, 7) is 9.67. The van der Waals surface area contributed by atoms with Crippen molar-refractivity contribution in [2.45, 2.75) is 51.9 Å². The van der Waals surface area contributed by atoms with Gasteiger partial charge in [-0.15, -0.1) is 11.3 Å². The van der Waals surface area contributed by atoms with Gasteiger partial charge in [-0.05, 0) is 68.3 Å². The first-order valence-electron chi connectivity index (χ1n) is 11.6. The Morgan fingerprint density at radius 2 is 2.03 bits per heavy atom. The molecule has 2 aliphatic heterocycles. The molecule has 4 rings (SSSR count). The van der Waals surface area contributed by atoms with Gasteiger partial charge in [0.15, 0.2) is 0 Å². The van der Waals surface area contributed by atoms with Crippen molar-refractivity contribution >= 4 is 30.0 Å². The van der Waals surface area contributed by atoms with Crippen molar-refractivity contribution in [3.63, 3.8) is 0 Å². The highest BCUT2D eigenvalue weighted by molar-refractivity contribution is 7.10. The molecule has 0 aliphatic carbocycles. The van der Waals surface area contributed by atoms with Crippen molar-refractivity contribution < 1.29 is 19.0 Å². The van der Waals surface area contributed by atoms with Crippen LogP contribution < -0.4 is 0 Å². The van der Waals surface area contributed by atoms with Crippen molar-refractivity contribution in [2.24, 2.45) is 0 Å². The summed E-state index contributed by atoms with van der Waals surface area (Å²) in [6.07, 6.45) is 9.57. The molecule has 0 radical (unpaired) electrons. The van der Waals surface area contributed by atoms with E-state index in [2.05, 4.69) is 69.8 Å². The average Bonchev–Trinajstić information content (AvgIpc) is 3.48. The number of carbonyl (C=O) groups excluding carboxylic acids is 1. The number of hydrogen-bond donors (Lipinski definition) is 0. The normalized spacial score (nSPS) is 21.8. The van der Waals surface area contributed by atoms with Crippen molar-refractivity contribution in [3.05, 3.63) is 45.9 Å². The van der Waals surface area contributed by atoms with Crippen LogP contribution >= 0.6 is 11.3 Å². The van der Waals surface area contributed by atoms with E-state index in [0.717, 1.165) is 45.7 Å². The number of morpholine rings is 1. The van der Waals surface area contributed by atoms with Crippen LogP contribution in [0.15, 0.2) is 29.6 Å². The van der Waals surface area contributed by atoms with E-state index in [1.807, 2.05) is 0 Å². The molecule has 2 aromatic heterocycles. The van der Waals surface area contributed by atoms with Gasteiger partial charge in [-0.1, -0.05) is 13.0 Å². The highest BCUT2D eigenvalue weighted by Gasteiger charge is 2.23. The lowest BCUT2D eigenvalue weighted by Crippen LogP contribution is -2.38. The molecule has 2 saturated heterocycles. The molecule has 4 heterocycles. The molecule has 2 unspecified atom stereocenters. The van der Waals surface area contributed by atoms with Crippen LogP contribution in [0.2, 0.25) is 0 Å². The lowest BCUT2D eigenvalue weighted by Gasteiger charge is -2.31.